The summed E-state index contributed by atoms with van der Waals surface area (Å²) in [6, 6.07) is 9.64. The van der Waals surface area contributed by atoms with Crippen LogP contribution < -0.4 is 10.6 Å². The lowest BCUT2D eigenvalue weighted by Crippen LogP contribution is -2.39. The Morgan fingerprint density at radius 2 is 2.00 bits per heavy atom. The van der Waals surface area contributed by atoms with Crippen molar-refractivity contribution in [1.29, 1.82) is 0 Å². The van der Waals surface area contributed by atoms with E-state index < -0.39 is 9.84 Å². The van der Waals surface area contributed by atoms with Crippen molar-refractivity contribution in [3.8, 4) is 0 Å². The van der Waals surface area contributed by atoms with Gasteiger partial charge in [-0.2, -0.15) is 0 Å². The van der Waals surface area contributed by atoms with Gasteiger partial charge in [-0.1, -0.05) is 25.1 Å². The van der Waals surface area contributed by atoms with E-state index in [0.29, 0.717) is 17.4 Å². The van der Waals surface area contributed by atoms with Gasteiger partial charge in [0, 0.05) is 24.2 Å². The fraction of sp³-hybridized carbons (Fsp3) is 0.450. The van der Waals surface area contributed by atoms with E-state index in [1.165, 1.54) is 11.1 Å². The Morgan fingerprint density at radius 3 is 2.57 bits per heavy atom. The number of sulfone groups is 1. The van der Waals surface area contributed by atoms with Crippen molar-refractivity contribution in [2.75, 3.05) is 19.3 Å². The molecule has 0 amide bonds. The van der Waals surface area contributed by atoms with E-state index in [1.807, 2.05) is 26.0 Å². The van der Waals surface area contributed by atoms with Gasteiger partial charge in [0.05, 0.1) is 11.4 Å². The van der Waals surface area contributed by atoms with Gasteiger partial charge < -0.3 is 10.6 Å². The Labute approximate surface area is 190 Å². The van der Waals surface area contributed by atoms with Crippen LogP contribution in [0.3, 0.4) is 0 Å². The molecule has 1 aromatic heterocycles. The van der Waals surface area contributed by atoms with E-state index in [9.17, 15) is 8.42 Å². The Hall–Kier alpha value is -1.13. The van der Waals surface area contributed by atoms with Crippen molar-refractivity contribution in [3.05, 3.63) is 51.7 Å². The Balaban J connectivity index is 0.00000392. The minimum absolute atomic E-state index is 0. The van der Waals surface area contributed by atoms with Gasteiger partial charge in [0.15, 0.2) is 15.8 Å². The van der Waals surface area contributed by atoms with Crippen LogP contribution in [0.1, 0.15) is 29.9 Å². The number of aryl methyl sites for hydroxylation is 1. The van der Waals surface area contributed by atoms with Crippen molar-refractivity contribution in [2.45, 2.75) is 38.6 Å². The van der Waals surface area contributed by atoms with Crippen molar-refractivity contribution >= 4 is 51.1 Å². The second-order valence-electron chi connectivity index (χ2n) is 6.84. The Bertz CT molecular complexity index is 866. The van der Waals surface area contributed by atoms with Crippen LogP contribution in [0.5, 0.6) is 0 Å². The number of aliphatic imine (C=N–C) groups is 1. The molecule has 1 atom stereocenters. The molecule has 0 fully saturated rings. The summed E-state index contributed by atoms with van der Waals surface area (Å²) in [5, 5.41) is 8.77. The van der Waals surface area contributed by atoms with Crippen LogP contribution in [-0.2, 0) is 22.8 Å². The SMILES string of the molecule is CCNC(=NCc1ccc(S(C)(=O)=O)c(C)c1)NCC(C)Cc1cccs1.I. The van der Waals surface area contributed by atoms with Gasteiger partial charge in [-0.3, -0.25) is 0 Å². The standard InChI is InChI=1S/C20H29N3O2S2.HI/c1-5-21-20(22-13-15(2)11-18-7-6-10-26-18)23-14-17-8-9-19(16(3)12-17)27(4,24)25;/h6-10,12,15H,5,11,13-14H2,1-4H3,(H2,21,22,23);1H. The summed E-state index contributed by atoms with van der Waals surface area (Å²) in [5.74, 6) is 1.28. The van der Waals surface area contributed by atoms with Crippen LogP contribution in [0, 0.1) is 12.8 Å². The molecule has 0 spiro atoms. The molecule has 2 aromatic rings. The molecule has 0 aliphatic heterocycles. The number of halogens is 1. The third-order valence-corrected chi connectivity index (χ3v) is 6.31. The van der Waals surface area contributed by atoms with E-state index in [1.54, 1.807) is 17.4 Å². The summed E-state index contributed by atoms with van der Waals surface area (Å²) in [7, 11) is -3.19. The summed E-state index contributed by atoms with van der Waals surface area (Å²) >= 11 is 1.79. The quantitative estimate of drug-likeness (QED) is 0.305. The third-order valence-electron chi connectivity index (χ3n) is 4.15. The van der Waals surface area contributed by atoms with Gasteiger partial charge in [0.2, 0.25) is 0 Å². The first kappa shape index (κ1) is 24.9. The molecule has 0 radical (unpaired) electrons. The van der Waals surface area contributed by atoms with E-state index in [0.717, 1.165) is 36.6 Å². The third kappa shape index (κ3) is 8.08. The number of guanidine groups is 1. The minimum atomic E-state index is -3.19. The highest BCUT2D eigenvalue weighted by atomic mass is 127. The molecular weight excluding hydrogens is 505 g/mol. The molecule has 1 unspecified atom stereocenters. The predicted octanol–water partition coefficient (Wildman–Crippen LogP) is 4.01. The zero-order valence-electron chi connectivity index (χ0n) is 16.9. The summed E-state index contributed by atoms with van der Waals surface area (Å²) in [6.07, 6.45) is 2.29. The van der Waals surface area contributed by atoms with Gasteiger partial charge in [-0.15, -0.1) is 35.3 Å². The average Bonchev–Trinajstić information content (AvgIpc) is 3.09. The van der Waals surface area contributed by atoms with Crippen molar-refractivity contribution < 1.29 is 8.42 Å². The van der Waals surface area contributed by atoms with Crippen LogP contribution >= 0.6 is 35.3 Å². The maximum atomic E-state index is 11.7. The lowest BCUT2D eigenvalue weighted by Gasteiger charge is -2.15. The highest BCUT2D eigenvalue weighted by Gasteiger charge is 2.11. The van der Waals surface area contributed by atoms with Crippen molar-refractivity contribution in [1.82, 2.24) is 10.6 Å². The fourth-order valence-corrected chi connectivity index (χ4v) is 4.68. The molecule has 0 aliphatic rings. The van der Waals surface area contributed by atoms with Crippen molar-refractivity contribution in [3.63, 3.8) is 0 Å². The first-order valence-corrected chi connectivity index (χ1v) is 11.9. The second-order valence-corrected chi connectivity index (χ2v) is 9.85. The number of hydrogen-bond donors (Lipinski definition) is 2. The first-order chi connectivity index (χ1) is 12.8. The van der Waals surface area contributed by atoms with Gasteiger partial charge in [-0.25, -0.2) is 13.4 Å². The molecular formula is C20H30IN3O2S2. The van der Waals surface area contributed by atoms with Gasteiger partial charge in [-0.05, 0) is 54.8 Å². The smallest absolute Gasteiger partial charge is 0.191 e. The van der Waals surface area contributed by atoms with Crippen LogP contribution in [0.4, 0.5) is 0 Å². The molecule has 0 bridgehead atoms. The molecule has 156 valence electrons. The highest BCUT2D eigenvalue weighted by molar-refractivity contribution is 14.0. The Kier molecular flexibility index (Phi) is 10.5. The van der Waals surface area contributed by atoms with Crippen molar-refractivity contribution in [2.24, 2.45) is 10.9 Å². The topological polar surface area (TPSA) is 70.6 Å². The zero-order valence-corrected chi connectivity index (χ0v) is 20.8. The molecule has 0 aliphatic carbocycles. The second kappa shape index (κ2) is 11.8. The lowest BCUT2D eigenvalue weighted by molar-refractivity contribution is 0.562. The van der Waals surface area contributed by atoms with Gasteiger partial charge in [0.25, 0.3) is 0 Å². The van der Waals surface area contributed by atoms with Crippen LogP contribution in [-0.4, -0.2) is 33.7 Å². The van der Waals surface area contributed by atoms with E-state index >= 15 is 0 Å². The molecule has 1 heterocycles. The monoisotopic (exact) mass is 535 g/mol. The molecule has 8 heteroatoms. The van der Waals surface area contributed by atoms with E-state index in [2.05, 4.69) is 40.1 Å². The normalized spacial score (nSPS) is 12.9. The van der Waals surface area contributed by atoms with Crippen LogP contribution in [0.15, 0.2) is 45.6 Å². The van der Waals surface area contributed by atoms with Gasteiger partial charge >= 0.3 is 0 Å². The van der Waals surface area contributed by atoms with E-state index in [-0.39, 0.29) is 24.0 Å². The highest BCUT2D eigenvalue weighted by Crippen LogP contribution is 2.17. The van der Waals surface area contributed by atoms with Crippen LogP contribution in [0.25, 0.3) is 0 Å². The molecule has 0 saturated heterocycles. The molecule has 5 nitrogen and oxygen atoms in total. The zero-order chi connectivity index (χ0) is 19.9. The largest absolute Gasteiger partial charge is 0.357 e. The summed E-state index contributed by atoms with van der Waals surface area (Å²) in [6.45, 7) is 8.21. The summed E-state index contributed by atoms with van der Waals surface area (Å²) in [5.41, 5.74) is 1.75. The number of rotatable bonds is 8. The number of nitrogens with one attached hydrogen (secondary N) is 2. The first-order valence-electron chi connectivity index (χ1n) is 9.13. The molecule has 2 rings (SSSR count). The minimum Gasteiger partial charge on any atom is -0.357 e. The lowest BCUT2D eigenvalue weighted by atomic mass is 10.1. The predicted molar refractivity (Wildman–Crippen MR) is 130 cm³/mol. The van der Waals surface area contributed by atoms with Crippen LogP contribution in [0.2, 0.25) is 0 Å². The summed E-state index contributed by atoms with van der Waals surface area (Å²) in [4.78, 5) is 6.41. The molecule has 1 aromatic carbocycles. The maximum Gasteiger partial charge on any atom is 0.191 e. The Morgan fingerprint density at radius 1 is 1.25 bits per heavy atom. The molecule has 28 heavy (non-hydrogen) atoms. The van der Waals surface area contributed by atoms with Gasteiger partial charge in [0.1, 0.15) is 0 Å². The number of nitrogens with zero attached hydrogens (tertiary/aromatic N) is 1. The molecule has 0 saturated carbocycles. The number of thiophene rings is 1. The number of benzene rings is 1. The summed E-state index contributed by atoms with van der Waals surface area (Å²) < 4.78 is 23.5. The molecule has 2 N–H and O–H groups in total. The number of hydrogen-bond acceptors (Lipinski definition) is 4. The van der Waals surface area contributed by atoms with E-state index in [4.69, 9.17) is 0 Å². The maximum absolute atomic E-state index is 11.7. The average molecular weight is 536 g/mol. The fourth-order valence-electron chi connectivity index (χ4n) is 2.85.